The fourth-order valence-corrected chi connectivity index (χ4v) is 1.54. The van der Waals surface area contributed by atoms with Crippen LogP contribution in [0.4, 0.5) is 5.69 Å². The lowest BCUT2D eigenvalue weighted by Gasteiger charge is -2.00. The average Bonchev–Trinajstić information content (AvgIpc) is 2.76. The monoisotopic (exact) mass is 213 g/mol. The number of aromatic nitrogens is 1. The molecule has 2 aromatic rings. The summed E-state index contributed by atoms with van der Waals surface area (Å²) in [6.07, 6.45) is 3.10. The summed E-state index contributed by atoms with van der Waals surface area (Å²) in [4.78, 5) is 13.1. The van der Waals surface area contributed by atoms with Gasteiger partial charge in [0.25, 0.3) is 5.69 Å². The van der Waals surface area contributed by atoms with Crippen LogP contribution in [0.3, 0.4) is 0 Å². The van der Waals surface area contributed by atoms with Crippen molar-refractivity contribution in [3.8, 4) is 17.2 Å². The fraction of sp³-hybridized carbons (Fsp3) is 0. The molecular weight excluding hydrogens is 206 g/mol. The van der Waals surface area contributed by atoms with Gasteiger partial charge in [-0.2, -0.15) is 5.26 Å². The lowest BCUT2D eigenvalue weighted by atomic mass is 10.0. The van der Waals surface area contributed by atoms with E-state index in [1.165, 1.54) is 12.3 Å². The van der Waals surface area contributed by atoms with Crippen molar-refractivity contribution < 1.29 is 4.92 Å². The summed E-state index contributed by atoms with van der Waals surface area (Å²) >= 11 is 0. The first-order valence-electron chi connectivity index (χ1n) is 4.54. The molecule has 78 valence electrons. The van der Waals surface area contributed by atoms with Gasteiger partial charge in [-0.15, -0.1) is 0 Å². The zero-order valence-corrected chi connectivity index (χ0v) is 8.18. The molecule has 0 atom stereocenters. The zero-order chi connectivity index (χ0) is 11.5. The molecule has 2 rings (SSSR count). The van der Waals surface area contributed by atoms with Crippen LogP contribution in [0.25, 0.3) is 11.1 Å². The lowest BCUT2D eigenvalue weighted by molar-refractivity contribution is -0.384. The maximum absolute atomic E-state index is 10.8. The highest BCUT2D eigenvalue weighted by Gasteiger charge is 2.17. The molecule has 5 nitrogen and oxygen atoms in total. The van der Waals surface area contributed by atoms with Gasteiger partial charge in [-0.3, -0.25) is 10.1 Å². The summed E-state index contributed by atoms with van der Waals surface area (Å²) in [5.74, 6) is 0. The van der Waals surface area contributed by atoms with Crippen LogP contribution in [0.1, 0.15) is 5.56 Å². The van der Waals surface area contributed by atoms with Gasteiger partial charge in [0.05, 0.1) is 16.1 Å². The van der Waals surface area contributed by atoms with E-state index < -0.39 is 4.92 Å². The van der Waals surface area contributed by atoms with E-state index in [2.05, 4.69) is 4.98 Å². The Morgan fingerprint density at radius 1 is 1.25 bits per heavy atom. The zero-order valence-electron chi connectivity index (χ0n) is 8.18. The van der Waals surface area contributed by atoms with Crippen molar-refractivity contribution in [3.63, 3.8) is 0 Å². The van der Waals surface area contributed by atoms with E-state index in [1.54, 1.807) is 24.4 Å². The van der Waals surface area contributed by atoms with Crippen molar-refractivity contribution in [2.75, 3.05) is 0 Å². The third-order valence-corrected chi connectivity index (χ3v) is 2.26. The number of rotatable bonds is 2. The number of benzene rings is 1. The number of aromatic amines is 1. The van der Waals surface area contributed by atoms with E-state index in [0.717, 1.165) is 0 Å². The Morgan fingerprint density at radius 3 is 2.69 bits per heavy atom. The van der Waals surface area contributed by atoms with Crippen LogP contribution in [0.5, 0.6) is 0 Å². The third kappa shape index (κ3) is 1.53. The summed E-state index contributed by atoms with van der Waals surface area (Å²) < 4.78 is 0. The van der Waals surface area contributed by atoms with Gasteiger partial charge in [-0.05, 0) is 6.07 Å². The Kier molecular flexibility index (Phi) is 2.40. The van der Waals surface area contributed by atoms with Gasteiger partial charge in [0.15, 0.2) is 0 Å². The van der Waals surface area contributed by atoms with Crippen molar-refractivity contribution in [3.05, 3.63) is 52.3 Å². The third-order valence-electron chi connectivity index (χ3n) is 2.26. The first-order chi connectivity index (χ1) is 7.74. The smallest absolute Gasteiger partial charge is 0.277 e. The van der Waals surface area contributed by atoms with Gasteiger partial charge in [-0.25, -0.2) is 0 Å². The Bertz CT molecular complexity index is 581. The van der Waals surface area contributed by atoms with Gasteiger partial charge in [0, 0.05) is 24.0 Å². The molecule has 0 spiro atoms. The summed E-state index contributed by atoms with van der Waals surface area (Å²) in [7, 11) is 0. The van der Waals surface area contributed by atoms with Crippen LogP contribution >= 0.6 is 0 Å². The van der Waals surface area contributed by atoms with Gasteiger partial charge in [0.1, 0.15) is 6.07 Å². The molecule has 0 amide bonds. The number of nitriles is 1. The fourth-order valence-electron chi connectivity index (χ4n) is 1.54. The predicted molar refractivity (Wildman–Crippen MR) is 57.6 cm³/mol. The molecule has 1 N–H and O–H groups in total. The SMILES string of the molecule is N#Cc1c[nH]cc1-c1ccccc1[N+](=O)[O-]. The van der Waals surface area contributed by atoms with Gasteiger partial charge >= 0.3 is 0 Å². The second-order valence-electron chi connectivity index (χ2n) is 3.17. The van der Waals surface area contributed by atoms with Crippen molar-refractivity contribution in [1.29, 1.82) is 5.26 Å². The Morgan fingerprint density at radius 2 is 2.00 bits per heavy atom. The van der Waals surface area contributed by atoms with Crippen LogP contribution in [0.2, 0.25) is 0 Å². The molecule has 5 heteroatoms. The first kappa shape index (κ1) is 9.93. The molecule has 0 fully saturated rings. The Labute approximate surface area is 91.1 Å². The Hall–Kier alpha value is -2.61. The highest BCUT2D eigenvalue weighted by molar-refractivity contribution is 5.77. The molecular formula is C11H7N3O2. The average molecular weight is 213 g/mol. The molecule has 1 heterocycles. The second kappa shape index (κ2) is 3.87. The number of hydrogen-bond donors (Lipinski definition) is 1. The molecule has 0 saturated heterocycles. The molecule has 1 aromatic carbocycles. The van der Waals surface area contributed by atoms with Crippen LogP contribution in [-0.4, -0.2) is 9.91 Å². The summed E-state index contributed by atoms with van der Waals surface area (Å²) in [5, 5.41) is 19.7. The minimum Gasteiger partial charge on any atom is -0.366 e. The molecule has 0 bridgehead atoms. The van der Waals surface area contributed by atoms with Crippen LogP contribution in [0.15, 0.2) is 36.7 Å². The largest absolute Gasteiger partial charge is 0.366 e. The predicted octanol–water partition coefficient (Wildman–Crippen LogP) is 2.46. The molecule has 16 heavy (non-hydrogen) atoms. The number of nitro groups is 1. The van der Waals surface area contributed by atoms with E-state index in [-0.39, 0.29) is 5.69 Å². The minimum atomic E-state index is -0.455. The van der Waals surface area contributed by atoms with Gasteiger partial charge in [0.2, 0.25) is 0 Å². The number of nitro benzene ring substituents is 1. The molecule has 0 saturated carbocycles. The van der Waals surface area contributed by atoms with E-state index in [9.17, 15) is 10.1 Å². The molecule has 0 aliphatic carbocycles. The second-order valence-corrected chi connectivity index (χ2v) is 3.17. The summed E-state index contributed by atoms with van der Waals surface area (Å²) in [5.41, 5.74) is 1.40. The number of hydrogen-bond acceptors (Lipinski definition) is 3. The first-order valence-corrected chi connectivity index (χ1v) is 4.54. The standard InChI is InChI=1S/C11H7N3O2/c12-5-8-6-13-7-10(8)9-3-1-2-4-11(9)14(15)16/h1-4,6-7,13H. The highest BCUT2D eigenvalue weighted by Crippen LogP contribution is 2.31. The quantitative estimate of drug-likeness (QED) is 0.614. The number of nitrogens with one attached hydrogen (secondary N) is 1. The van der Waals surface area contributed by atoms with Crippen molar-refractivity contribution in [2.24, 2.45) is 0 Å². The van der Waals surface area contributed by atoms with E-state index >= 15 is 0 Å². The summed E-state index contributed by atoms with van der Waals surface area (Å²) in [6.45, 7) is 0. The lowest BCUT2D eigenvalue weighted by Crippen LogP contribution is -1.91. The van der Waals surface area contributed by atoms with Crippen LogP contribution in [-0.2, 0) is 0 Å². The minimum absolute atomic E-state index is 0.00130. The van der Waals surface area contributed by atoms with Gasteiger partial charge < -0.3 is 4.98 Å². The number of nitrogens with zero attached hydrogens (tertiary/aromatic N) is 2. The number of H-pyrrole nitrogens is 1. The molecule has 0 aliphatic heterocycles. The number of para-hydroxylation sites is 1. The maximum atomic E-state index is 10.8. The van der Waals surface area contributed by atoms with Crippen molar-refractivity contribution in [1.82, 2.24) is 4.98 Å². The highest BCUT2D eigenvalue weighted by atomic mass is 16.6. The van der Waals surface area contributed by atoms with Crippen molar-refractivity contribution >= 4 is 5.69 Å². The van der Waals surface area contributed by atoms with E-state index in [1.807, 2.05) is 6.07 Å². The molecule has 0 aliphatic rings. The van der Waals surface area contributed by atoms with E-state index in [4.69, 9.17) is 5.26 Å². The summed E-state index contributed by atoms with van der Waals surface area (Å²) in [6, 6.07) is 8.34. The molecule has 0 radical (unpaired) electrons. The van der Waals surface area contributed by atoms with Crippen molar-refractivity contribution in [2.45, 2.75) is 0 Å². The van der Waals surface area contributed by atoms with Gasteiger partial charge in [-0.1, -0.05) is 12.1 Å². The topological polar surface area (TPSA) is 82.7 Å². The van der Waals surface area contributed by atoms with E-state index in [0.29, 0.717) is 16.7 Å². The normalized spacial score (nSPS) is 9.69. The van der Waals surface area contributed by atoms with Crippen LogP contribution < -0.4 is 0 Å². The Balaban J connectivity index is 2.66. The van der Waals surface area contributed by atoms with Crippen LogP contribution in [0, 0.1) is 21.4 Å². The maximum Gasteiger partial charge on any atom is 0.277 e. The molecule has 0 unspecified atom stereocenters. The molecule has 1 aromatic heterocycles.